The molecule has 0 fully saturated rings. The molecule has 122 valence electrons. The molecule has 3 aromatic rings. The molecule has 0 aliphatic carbocycles. The predicted octanol–water partition coefficient (Wildman–Crippen LogP) is 4.06. The highest BCUT2D eigenvalue weighted by Crippen LogP contribution is 2.17. The van der Waals surface area contributed by atoms with Gasteiger partial charge in [-0.1, -0.05) is 35.9 Å². The average Bonchev–Trinajstić information content (AvgIpc) is 2.60. The van der Waals surface area contributed by atoms with E-state index in [9.17, 15) is 0 Å². The highest BCUT2D eigenvalue weighted by molar-refractivity contribution is 6.31. The molecule has 2 heterocycles. The highest BCUT2D eigenvalue weighted by Gasteiger charge is 2.04. The summed E-state index contributed by atoms with van der Waals surface area (Å²) in [6.45, 7) is 3.12. The molecule has 0 atom stereocenters. The van der Waals surface area contributed by atoms with E-state index >= 15 is 0 Å². The number of nitrogens with one attached hydrogen (secondary N) is 2. The van der Waals surface area contributed by atoms with Gasteiger partial charge in [0.1, 0.15) is 5.82 Å². The molecule has 0 saturated heterocycles. The van der Waals surface area contributed by atoms with Crippen LogP contribution in [0.4, 0.5) is 11.8 Å². The van der Waals surface area contributed by atoms with Crippen molar-refractivity contribution in [1.82, 2.24) is 15.0 Å². The zero-order valence-electron chi connectivity index (χ0n) is 13.3. The van der Waals surface area contributed by atoms with Crippen molar-refractivity contribution in [3.63, 3.8) is 0 Å². The highest BCUT2D eigenvalue weighted by atomic mass is 35.5. The molecule has 0 aliphatic rings. The molecular formula is C18H18ClN5. The zero-order valence-corrected chi connectivity index (χ0v) is 14.1. The van der Waals surface area contributed by atoms with E-state index in [1.165, 1.54) is 0 Å². The molecule has 0 saturated carbocycles. The normalized spacial score (nSPS) is 10.4. The van der Waals surface area contributed by atoms with Gasteiger partial charge in [0.25, 0.3) is 0 Å². The second-order valence-electron chi connectivity index (χ2n) is 5.34. The quantitative estimate of drug-likeness (QED) is 0.709. The Morgan fingerprint density at radius 2 is 1.79 bits per heavy atom. The lowest BCUT2D eigenvalue weighted by Crippen LogP contribution is -2.08. The molecule has 2 aromatic heterocycles. The van der Waals surface area contributed by atoms with Crippen LogP contribution in [0.25, 0.3) is 0 Å². The fourth-order valence-corrected chi connectivity index (χ4v) is 2.44. The molecule has 3 rings (SSSR count). The molecule has 0 radical (unpaired) electrons. The number of hydrogen-bond donors (Lipinski definition) is 2. The minimum atomic E-state index is 0.572. The van der Waals surface area contributed by atoms with E-state index in [0.717, 1.165) is 27.8 Å². The van der Waals surface area contributed by atoms with Crippen LogP contribution in [-0.4, -0.2) is 15.0 Å². The van der Waals surface area contributed by atoms with Crippen molar-refractivity contribution in [2.24, 2.45) is 0 Å². The van der Waals surface area contributed by atoms with E-state index in [0.29, 0.717) is 19.0 Å². The summed E-state index contributed by atoms with van der Waals surface area (Å²) in [5, 5.41) is 7.23. The van der Waals surface area contributed by atoms with Crippen LogP contribution in [0.15, 0.2) is 54.7 Å². The van der Waals surface area contributed by atoms with Crippen molar-refractivity contribution >= 4 is 23.4 Å². The van der Waals surface area contributed by atoms with Gasteiger partial charge in [-0.3, -0.25) is 4.98 Å². The maximum atomic E-state index is 6.18. The van der Waals surface area contributed by atoms with E-state index in [-0.39, 0.29) is 0 Å². The topological polar surface area (TPSA) is 62.7 Å². The first kappa shape index (κ1) is 16.2. The summed E-state index contributed by atoms with van der Waals surface area (Å²) >= 11 is 6.18. The number of aryl methyl sites for hydroxylation is 1. The lowest BCUT2D eigenvalue weighted by atomic mass is 10.2. The van der Waals surface area contributed by atoms with E-state index in [1.54, 1.807) is 6.20 Å². The summed E-state index contributed by atoms with van der Waals surface area (Å²) in [6, 6.07) is 15.5. The van der Waals surface area contributed by atoms with Gasteiger partial charge >= 0.3 is 0 Å². The Labute approximate surface area is 146 Å². The number of aromatic nitrogens is 3. The lowest BCUT2D eigenvalue weighted by Gasteiger charge is -2.10. The Morgan fingerprint density at radius 3 is 2.58 bits per heavy atom. The molecule has 24 heavy (non-hydrogen) atoms. The third-order valence-corrected chi connectivity index (χ3v) is 3.79. The summed E-state index contributed by atoms with van der Waals surface area (Å²) in [7, 11) is 0. The summed E-state index contributed by atoms with van der Waals surface area (Å²) in [4.78, 5) is 13.2. The minimum Gasteiger partial charge on any atom is -0.366 e. The van der Waals surface area contributed by atoms with Crippen molar-refractivity contribution in [3.05, 3.63) is 76.7 Å². The average molecular weight is 340 g/mol. The van der Waals surface area contributed by atoms with Crippen LogP contribution < -0.4 is 10.6 Å². The summed E-state index contributed by atoms with van der Waals surface area (Å²) in [5.41, 5.74) is 2.85. The van der Waals surface area contributed by atoms with Crippen molar-refractivity contribution < 1.29 is 0 Å². The van der Waals surface area contributed by atoms with E-state index in [1.807, 2.05) is 55.5 Å². The largest absolute Gasteiger partial charge is 0.366 e. The number of nitrogens with zero attached hydrogens (tertiary/aromatic N) is 3. The van der Waals surface area contributed by atoms with Crippen molar-refractivity contribution in [1.29, 1.82) is 0 Å². The minimum absolute atomic E-state index is 0.572. The maximum Gasteiger partial charge on any atom is 0.225 e. The number of hydrogen-bond acceptors (Lipinski definition) is 5. The van der Waals surface area contributed by atoms with Crippen LogP contribution in [0.2, 0.25) is 5.02 Å². The number of benzene rings is 1. The second-order valence-corrected chi connectivity index (χ2v) is 5.74. The van der Waals surface area contributed by atoms with Crippen LogP contribution in [0.1, 0.15) is 17.0 Å². The Morgan fingerprint density at radius 1 is 0.958 bits per heavy atom. The number of pyridine rings is 1. The molecule has 2 N–H and O–H groups in total. The van der Waals surface area contributed by atoms with Crippen molar-refractivity contribution in [2.45, 2.75) is 20.0 Å². The molecule has 5 nitrogen and oxygen atoms in total. The first-order valence-electron chi connectivity index (χ1n) is 7.67. The fourth-order valence-electron chi connectivity index (χ4n) is 2.24. The molecule has 0 bridgehead atoms. The van der Waals surface area contributed by atoms with Crippen LogP contribution >= 0.6 is 11.6 Å². The van der Waals surface area contributed by atoms with Gasteiger partial charge in [-0.05, 0) is 30.7 Å². The van der Waals surface area contributed by atoms with Gasteiger partial charge in [-0.25, -0.2) is 4.98 Å². The smallest absolute Gasteiger partial charge is 0.225 e. The molecular weight excluding hydrogens is 322 g/mol. The van der Waals surface area contributed by atoms with Crippen molar-refractivity contribution in [2.75, 3.05) is 10.6 Å². The second kappa shape index (κ2) is 7.75. The van der Waals surface area contributed by atoms with Crippen molar-refractivity contribution in [3.8, 4) is 0 Å². The van der Waals surface area contributed by atoms with E-state index in [2.05, 4.69) is 25.6 Å². The fraction of sp³-hybridized carbons (Fsp3) is 0.167. The van der Waals surface area contributed by atoms with Crippen LogP contribution in [0, 0.1) is 6.92 Å². The first-order chi connectivity index (χ1) is 11.7. The SMILES string of the molecule is Cc1cc(NCc2ccccc2Cl)nc(NCc2ccccn2)n1. The molecule has 0 aliphatic heterocycles. The van der Waals surface area contributed by atoms with Gasteiger partial charge in [-0.15, -0.1) is 0 Å². The maximum absolute atomic E-state index is 6.18. The zero-order chi connectivity index (χ0) is 16.8. The Hall–Kier alpha value is -2.66. The standard InChI is InChI=1S/C18H18ClN5/c1-13-10-17(21-11-14-6-2-3-8-16(14)19)24-18(23-13)22-12-15-7-4-5-9-20-15/h2-10H,11-12H2,1H3,(H2,21,22,23,24). The van der Waals surface area contributed by atoms with Gasteiger partial charge in [0.15, 0.2) is 0 Å². The van der Waals surface area contributed by atoms with E-state index in [4.69, 9.17) is 11.6 Å². The monoisotopic (exact) mass is 339 g/mol. The predicted molar refractivity (Wildman–Crippen MR) is 97.1 cm³/mol. The number of rotatable bonds is 6. The first-order valence-corrected chi connectivity index (χ1v) is 8.05. The summed E-state index contributed by atoms with van der Waals surface area (Å²) in [5.74, 6) is 1.33. The van der Waals surface area contributed by atoms with Crippen LogP contribution in [-0.2, 0) is 13.1 Å². The summed E-state index contributed by atoms with van der Waals surface area (Å²) in [6.07, 6.45) is 1.77. The molecule has 0 spiro atoms. The Kier molecular flexibility index (Phi) is 5.23. The van der Waals surface area contributed by atoms with Gasteiger partial charge in [-0.2, -0.15) is 4.98 Å². The molecule has 0 unspecified atom stereocenters. The molecule has 1 aromatic carbocycles. The molecule has 6 heteroatoms. The van der Waals surface area contributed by atoms with Gasteiger partial charge in [0.05, 0.1) is 12.2 Å². The third-order valence-electron chi connectivity index (χ3n) is 3.43. The van der Waals surface area contributed by atoms with Gasteiger partial charge in [0, 0.05) is 29.5 Å². The Balaban J connectivity index is 1.66. The Bertz CT molecular complexity index is 808. The van der Waals surface area contributed by atoms with Gasteiger partial charge in [0.2, 0.25) is 5.95 Å². The number of anilines is 2. The van der Waals surface area contributed by atoms with E-state index < -0.39 is 0 Å². The van der Waals surface area contributed by atoms with Gasteiger partial charge < -0.3 is 10.6 Å². The number of halogens is 1. The summed E-state index contributed by atoms with van der Waals surface area (Å²) < 4.78 is 0. The van der Waals surface area contributed by atoms with Crippen LogP contribution in [0.5, 0.6) is 0 Å². The van der Waals surface area contributed by atoms with Crippen LogP contribution in [0.3, 0.4) is 0 Å². The molecule has 0 amide bonds. The lowest BCUT2D eigenvalue weighted by molar-refractivity contribution is 0.982. The third kappa shape index (κ3) is 4.43.